The number of para-hydroxylation sites is 1. The SMILES string of the molecule is CCn1c(SCCC#N)nc2ccccc2c1=O. The van der Waals surface area contributed by atoms with Crippen molar-refractivity contribution in [1.82, 2.24) is 9.55 Å². The predicted octanol–water partition coefficient (Wildman–Crippen LogP) is 2.42. The molecule has 0 radical (unpaired) electrons. The van der Waals surface area contributed by atoms with Crippen LogP contribution < -0.4 is 5.56 Å². The van der Waals surface area contributed by atoms with Crippen molar-refractivity contribution < 1.29 is 0 Å². The average molecular weight is 259 g/mol. The van der Waals surface area contributed by atoms with E-state index in [1.54, 1.807) is 10.6 Å². The lowest BCUT2D eigenvalue weighted by atomic mass is 10.2. The monoisotopic (exact) mass is 259 g/mol. The minimum Gasteiger partial charge on any atom is -0.287 e. The highest BCUT2D eigenvalue weighted by atomic mass is 32.2. The Hall–Kier alpha value is -1.80. The number of benzene rings is 1. The Morgan fingerprint density at radius 1 is 1.44 bits per heavy atom. The first-order valence-corrected chi connectivity index (χ1v) is 6.75. The van der Waals surface area contributed by atoms with Gasteiger partial charge in [-0.1, -0.05) is 23.9 Å². The molecule has 0 atom stereocenters. The predicted molar refractivity (Wildman–Crippen MR) is 72.6 cm³/mol. The van der Waals surface area contributed by atoms with Crippen LogP contribution in [0.1, 0.15) is 13.3 Å². The number of hydrogen-bond donors (Lipinski definition) is 0. The lowest BCUT2D eigenvalue weighted by Crippen LogP contribution is -2.22. The maximum atomic E-state index is 12.3. The van der Waals surface area contributed by atoms with Crippen molar-refractivity contribution in [2.75, 3.05) is 5.75 Å². The molecule has 1 heterocycles. The summed E-state index contributed by atoms with van der Waals surface area (Å²) in [5.41, 5.74) is 0.703. The van der Waals surface area contributed by atoms with Gasteiger partial charge in [-0.05, 0) is 19.1 Å². The summed E-state index contributed by atoms with van der Waals surface area (Å²) in [5.74, 6) is 0.654. The van der Waals surface area contributed by atoms with Crippen LogP contribution in [0, 0.1) is 11.3 Å². The molecule has 0 saturated carbocycles. The van der Waals surface area contributed by atoms with E-state index in [1.165, 1.54) is 11.8 Å². The highest BCUT2D eigenvalue weighted by Crippen LogP contribution is 2.18. The highest BCUT2D eigenvalue weighted by molar-refractivity contribution is 7.99. The number of nitriles is 1. The van der Waals surface area contributed by atoms with Gasteiger partial charge in [0.15, 0.2) is 5.16 Å². The van der Waals surface area contributed by atoms with Gasteiger partial charge in [0.2, 0.25) is 0 Å². The van der Waals surface area contributed by atoms with E-state index in [2.05, 4.69) is 11.1 Å². The standard InChI is InChI=1S/C13H13N3OS/c1-2-16-12(17)10-6-3-4-7-11(10)15-13(16)18-9-5-8-14/h3-4,6-7H,2,5,9H2,1H3. The molecule has 0 spiro atoms. The third-order valence-electron chi connectivity index (χ3n) is 2.59. The zero-order chi connectivity index (χ0) is 13.0. The van der Waals surface area contributed by atoms with Gasteiger partial charge in [0.05, 0.1) is 17.0 Å². The van der Waals surface area contributed by atoms with Crippen LogP contribution >= 0.6 is 11.8 Å². The molecule has 5 heteroatoms. The van der Waals surface area contributed by atoms with Gasteiger partial charge in [-0.15, -0.1) is 0 Å². The molecule has 0 fully saturated rings. The second kappa shape index (κ2) is 5.69. The number of fused-ring (bicyclic) bond motifs is 1. The van der Waals surface area contributed by atoms with Gasteiger partial charge in [0.1, 0.15) is 0 Å². The number of rotatable bonds is 4. The van der Waals surface area contributed by atoms with E-state index in [0.29, 0.717) is 34.8 Å². The molecule has 0 N–H and O–H groups in total. The Morgan fingerprint density at radius 2 is 2.22 bits per heavy atom. The molecule has 18 heavy (non-hydrogen) atoms. The quantitative estimate of drug-likeness (QED) is 0.480. The normalized spacial score (nSPS) is 10.4. The largest absolute Gasteiger partial charge is 0.287 e. The third kappa shape index (κ3) is 2.39. The van der Waals surface area contributed by atoms with Gasteiger partial charge >= 0.3 is 0 Å². The minimum absolute atomic E-state index is 0.0115. The lowest BCUT2D eigenvalue weighted by molar-refractivity contribution is 0.634. The van der Waals surface area contributed by atoms with Gasteiger partial charge in [-0.25, -0.2) is 4.98 Å². The number of nitrogens with zero attached hydrogens (tertiary/aromatic N) is 3. The summed E-state index contributed by atoms with van der Waals surface area (Å²) in [4.78, 5) is 16.8. The molecule has 0 aliphatic heterocycles. The van der Waals surface area contributed by atoms with E-state index >= 15 is 0 Å². The minimum atomic E-state index is -0.0115. The lowest BCUT2D eigenvalue weighted by Gasteiger charge is -2.10. The van der Waals surface area contributed by atoms with Crippen LogP contribution in [0.4, 0.5) is 0 Å². The Kier molecular flexibility index (Phi) is 4.00. The van der Waals surface area contributed by atoms with Gasteiger partial charge < -0.3 is 0 Å². The zero-order valence-corrected chi connectivity index (χ0v) is 10.9. The van der Waals surface area contributed by atoms with Crippen molar-refractivity contribution in [1.29, 1.82) is 5.26 Å². The fourth-order valence-corrected chi connectivity index (χ4v) is 2.63. The molecule has 1 aromatic heterocycles. The summed E-state index contributed by atoms with van der Waals surface area (Å²) in [6.45, 7) is 2.51. The first-order chi connectivity index (χ1) is 8.77. The first-order valence-electron chi connectivity index (χ1n) is 5.77. The average Bonchev–Trinajstić information content (AvgIpc) is 2.39. The molecule has 1 aromatic carbocycles. The summed E-state index contributed by atoms with van der Waals surface area (Å²) in [6, 6.07) is 9.43. The van der Waals surface area contributed by atoms with E-state index < -0.39 is 0 Å². The molecule has 0 saturated heterocycles. The molecule has 92 valence electrons. The summed E-state index contributed by atoms with van der Waals surface area (Å²) < 4.78 is 1.66. The molecule has 4 nitrogen and oxygen atoms in total. The molecule has 2 rings (SSSR count). The van der Waals surface area contributed by atoms with E-state index in [1.807, 2.05) is 25.1 Å². The zero-order valence-electron chi connectivity index (χ0n) is 10.1. The Bertz CT molecular complexity index is 657. The van der Waals surface area contributed by atoms with Crippen LogP contribution in [0.5, 0.6) is 0 Å². The van der Waals surface area contributed by atoms with Crippen molar-refractivity contribution in [3.8, 4) is 6.07 Å². The smallest absolute Gasteiger partial charge is 0.262 e. The molecule has 0 bridgehead atoms. The van der Waals surface area contributed by atoms with Crippen molar-refractivity contribution in [2.24, 2.45) is 0 Å². The second-order valence-corrected chi connectivity index (χ2v) is 4.78. The third-order valence-corrected chi connectivity index (χ3v) is 3.57. The molecule has 0 aliphatic carbocycles. The van der Waals surface area contributed by atoms with Crippen LogP contribution in [0.2, 0.25) is 0 Å². The van der Waals surface area contributed by atoms with E-state index in [4.69, 9.17) is 5.26 Å². The maximum absolute atomic E-state index is 12.3. The first kappa shape index (κ1) is 12.7. The van der Waals surface area contributed by atoms with Crippen molar-refractivity contribution >= 4 is 22.7 Å². The summed E-state index contributed by atoms with van der Waals surface area (Å²) in [6.07, 6.45) is 0.455. The number of aromatic nitrogens is 2. The van der Waals surface area contributed by atoms with Crippen molar-refractivity contribution in [3.05, 3.63) is 34.6 Å². The molecular weight excluding hydrogens is 246 g/mol. The fourth-order valence-electron chi connectivity index (χ4n) is 1.72. The van der Waals surface area contributed by atoms with Crippen molar-refractivity contribution in [3.63, 3.8) is 0 Å². The van der Waals surface area contributed by atoms with Gasteiger partial charge in [-0.2, -0.15) is 5.26 Å². The molecule has 2 aromatic rings. The Balaban J connectivity index is 2.52. The van der Waals surface area contributed by atoms with Crippen LogP contribution in [0.15, 0.2) is 34.2 Å². The molecule has 0 unspecified atom stereocenters. The maximum Gasteiger partial charge on any atom is 0.262 e. The Labute approximate surface area is 109 Å². The number of hydrogen-bond acceptors (Lipinski definition) is 4. The van der Waals surface area contributed by atoms with Gasteiger partial charge in [-0.3, -0.25) is 9.36 Å². The second-order valence-electron chi connectivity index (χ2n) is 3.72. The molecule has 0 amide bonds. The molecular formula is C13H13N3OS. The number of thioether (sulfide) groups is 1. The van der Waals surface area contributed by atoms with Crippen LogP contribution in [0.25, 0.3) is 10.9 Å². The Morgan fingerprint density at radius 3 is 2.94 bits per heavy atom. The van der Waals surface area contributed by atoms with E-state index in [-0.39, 0.29) is 5.56 Å². The highest BCUT2D eigenvalue weighted by Gasteiger charge is 2.09. The van der Waals surface area contributed by atoms with Crippen molar-refractivity contribution in [2.45, 2.75) is 25.0 Å². The summed E-state index contributed by atoms with van der Waals surface area (Å²) in [5, 5.41) is 9.88. The van der Waals surface area contributed by atoms with Gasteiger partial charge in [0.25, 0.3) is 5.56 Å². The van der Waals surface area contributed by atoms with E-state index in [9.17, 15) is 4.79 Å². The summed E-state index contributed by atoms with van der Waals surface area (Å²) in [7, 11) is 0. The molecule has 0 aliphatic rings. The van der Waals surface area contributed by atoms with Crippen LogP contribution in [-0.2, 0) is 6.54 Å². The van der Waals surface area contributed by atoms with Gasteiger partial charge in [0, 0.05) is 18.7 Å². The summed E-state index contributed by atoms with van der Waals surface area (Å²) >= 11 is 1.45. The topological polar surface area (TPSA) is 58.7 Å². The van der Waals surface area contributed by atoms with Crippen LogP contribution in [0.3, 0.4) is 0 Å². The fraction of sp³-hybridized carbons (Fsp3) is 0.308. The van der Waals surface area contributed by atoms with Crippen LogP contribution in [-0.4, -0.2) is 15.3 Å². The van der Waals surface area contributed by atoms with E-state index in [0.717, 1.165) is 0 Å².